The van der Waals surface area contributed by atoms with Gasteiger partial charge >= 0.3 is 0 Å². The molecular formula is C12H17BrClNO2S. The number of sulfonamides is 1. The third kappa shape index (κ3) is 4.53. The minimum atomic E-state index is -3.56. The van der Waals surface area contributed by atoms with Crippen molar-refractivity contribution in [3.8, 4) is 0 Å². The summed E-state index contributed by atoms with van der Waals surface area (Å²) in [7, 11) is -3.56. The predicted molar refractivity (Wildman–Crippen MR) is 78.8 cm³/mol. The topological polar surface area (TPSA) is 46.2 Å². The van der Waals surface area contributed by atoms with Crippen molar-refractivity contribution < 1.29 is 8.42 Å². The zero-order chi connectivity index (χ0) is 13.8. The summed E-state index contributed by atoms with van der Waals surface area (Å²) >= 11 is 9.24. The van der Waals surface area contributed by atoms with E-state index in [1.807, 2.05) is 0 Å². The van der Waals surface area contributed by atoms with Crippen LogP contribution in [0.2, 0.25) is 5.02 Å². The summed E-state index contributed by atoms with van der Waals surface area (Å²) in [6.07, 6.45) is 0.773. The summed E-state index contributed by atoms with van der Waals surface area (Å²) in [5.41, 5.74) is 0. The Morgan fingerprint density at radius 3 is 2.44 bits per heavy atom. The van der Waals surface area contributed by atoms with Gasteiger partial charge in [-0.3, -0.25) is 0 Å². The maximum Gasteiger partial charge on any atom is 0.242 e. The summed E-state index contributed by atoms with van der Waals surface area (Å²) in [4.78, 5) is 0.126. The van der Waals surface area contributed by atoms with E-state index in [-0.39, 0.29) is 16.0 Å². The van der Waals surface area contributed by atoms with Gasteiger partial charge in [-0.1, -0.05) is 53.5 Å². The lowest BCUT2D eigenvalue weighted by atomic mass is 10.1. The summed E-state index contributed by atoms with van der Waals surface area (Å²) in [5.74, 6) is 0.418. The number of nitrogens with one attached hydrogen (secondary N) is 1. The Hall–Kier alpha value is -0.100. The molecule has 1 unspecified atom stereocenters. The maximum atomic E-state index is 12.2. The molecule has 0 aliphatic rings. The summed E-state index contributed by atoms with van der Waals surface area (Å²) in [6, 6.07) is 6.31. The monoisotopic (exact) mass is 353 g/mol. The second-order valence-corrected chi connectivity index (χ2v) is 7.27. The van der Waals surface area contributed by atoms with Crippen molar-refractivity contribution in [2.24, 2.45) is 5.92 Å². The first-order valence-electron chi connectivity index (χ1n) is 5.69. The molecular weight excluding hydrogens is 338 g/mol. The van der Waals surface area contributed by atoms with E-state index in [4.69, 9.17) is 11.6 Å². The predicted octanol–water partition coefficient (Wildman–Crippen LogP) is 3.43. The molecule has 0 aliphatic carbocycles. The van der Waals surface area contributed by atoms with Gasteiger partial charge < -0.3 is 0 Å². The molecule has 1 N–H and O–H groups in total. The molecule has 6 heteroatoms. The van der Waals surface area contributed by atoms with Crippen LogP contribution in [0.15, 0.2) is 29.2 Å². The highest BCUT2D eigenvalue weighted by Gasteiger charge is 2.22. The summed E-state index contributed by atoms with van der Waals surface area (Å²) in [6.45, 7) is 4.11. The molecule has 102 valence electrons. The molecule has 0 bridgehead atoms. The van der Waals surface area contributed by atoms with Gasteiger partial charge in [-0.25, -0.2) is 13.1 Å². The van der Waals surface area contributed by atoms with Crippen molar-refractivity contribution in [1.29, 1.82) is 0 Å². The van der Waals surface area contributed by atoms with E-state index >= 15 is 0 Å². The Balaban J connectivity index is 2.91. The average molecular weight is 355 g/mol. The van der Waals surface area contributed by atoms with Gasteiger partial charge in [0.2, 0.25) is 10.0 Å². The van der Waals surface area contributed by atoms with E-state index in [0.29, 0.717) is 11.2 Å². The lowest BCUT2D eigenvalue weighted by Gasteiger charge is -2.18. The fourth-order valence-corrected chi connectivity index (χ4v) is 4.07. The van der Waals surface area contributed by atoms with Crippen molar-refractivity contribution in [2.45, 2.75) is 31.2 Å². The molecule has 0 saturated carbocycles. The van der Waals surface area contributed by atoms with Gasteiger partial charge in [0, 0.05) is 11.4 Å². The molecule has 1 atom stereocenters. The van der Waals surface area contributed by atoms with E-state index in [9.17, 15) is 8.42 Å². The maximum absolute atomic E-state index is 12.2. The molecule has 0 amide bonds. The Morgan fingerprint density at radius 1 is 1.33 bits per heavy atom. The first-order valence-corrected chi connectivity index (χ1v) is 8.68. The highest BCUT2D eigenvalue weighted by Crippen LogP contribution is 2.21. The molecule has 0 aromatic heterocycles. The number of rotatable bonds is 6. The summed E-state index contributed by atoms with van der Waals surface area (Å²) < 4.78 is 27.0. The van der Waals surface area contributed by atoms with Gasteiger partial charge in [-0.05, 0) is 24.5 Å². The molecule has 1 rings (SSSR count). The van der Waals surface area contributed by atoms with Gasteiger partial charge in [0.1, 0.15) is 4.90 Å². The molecule has 0 aliphatic heterocycles. The van der Waals surface area contributed by atoms with Gasteiger partial charge in [0.15, 0.2) is 0 Å². The van der Waals surface area contributed by atoms with Crippen molar-refractivity contribution >= 4 is 37.6 Å². The van der Waals surface area contributed by atoms with Gasteiger partial charge in [0.05, 0.1) is 5.02 Å². The zero-order valence-electron chi connectivity index (χ0n) is 10.4. The lowest BCUT2D eigenvalue weighted by Crippen LogP contribution is -2.37. The van der Waals surface area contributed by atoms with Crippen LogP contribution in [0.25, 0.3) is 0 Å². The van der Waals surface area contributed by atoms with Crippen LogP contribution in [0, 0.1) is 5.92 Å². The third-order valence-electron chi connectivity index (χ3n) is 2.39. The lowest BCUT2D eigenvalue weighted by molar-refractivity contribution is 0.488. The van der Waals surface area contributed by atoms with E-state index in [2.05, 4.69) is 34.5 Å². The highest BCUT2D eigenvalue weighted by atomic mass is 79.9. The Bertz CT molecular complexity index is 491. The third-order valence-corrected chi connectivity index (χ3v) is 5.19. The average Bonchev–Trinajstić information content (AvgIpc) is 2.27. The van der Waals surface area contributed by atoms with Crippen molar-refractivity contribution in [2.75, 3.05) is 5.33 Å². The molecule has 0 spiro atoms. The molecule has 0 saturated heterocycles. The molecule has 1 aromatic carbocycles. The molecule has 0 fully saturated rings. The molecule has 0 radical (unpaired) electrons. The first kappa shape index (κ1) is 16.0. The van der Waals surface area contributed by atoms with E-state index in [1.165, 1.54) is 6.07 Å². The largest absolute Gasteiger partial charge is 0.242 e. The quantitative estimate of drug-likeness (QED) is 0.796. The van der Waals surface area contributed by atoms with E-state index in [1.54, 1.807) is 18.2 Å². The Labute approximate surface area is 122 Å². The second-order valence-electron chi connectivity index (χ2n) is 4.53. The standard InChI is InChI=1S/C12H17BrClNO2S/c1-9(2)7-10(8-13)15-18(16,17)12-6-4-3-5-11(12)14/h3-6,9-10,15H,7-8H2,1-2H3. The second kappa shape index (κ2) is 6.89. The van der Waals surface area contributed by atoms with Crippen LogP contribution in [0.5, 0.6) is 0 Å². The van der Waals surface area contributed by atoms with Crippen LogP contribution >= 0.6 is 27.5 Å². The zero-order valence-corrected chi connectivity index (χ0v) is 13.5. The SMILES string of the molecule is CC(C)CC(CBr)NS(=O)(=O)c1ccccc1Cl. The number of hydrogen-bond donors (Lipinski definition) is 1. The van der Waals surface area contributed by atoms with Crippen molar-refractivity contribution in [3.63, 3.8) is 0 Å². The highest BCUT2D eigenvalue weighted by molar-refractivity contribution is 9.09. The fraction of sp³-hybridized carbons (Fsp3) is 0.500. The summed E-state index contributed by atoms with van der Waals surface area (Å²) in [5, 5.41) is 0.817. The van der Waals surface area contributed by atoms with Crippen molar-refractivity contribution in [1.82, 2.24) is 4.72 Å². The normalized spacial score (nSPS) is 13.8. The minimum absolute atomic E-state index is 0.126. The smallest absolute Gasteiger partial charge is 0.207 e. The molecule has 0 heterocycles. The van der Waals surface area contributed by atoms with Crippen LogP contribution in [-0.2, 0) is 10.0 Å². The van der Waals surface area contributed by atoms with Gasteiger partial charge in [-0.15, -0.1) is 0 Å². The number of halogens is 2. The van der Waals surface area contributed by atoms with E-state index in [0.717, 1.165) is 6.42 Å². The van der Waals surface area contributed by atoms with Gasteiger partial charge in [0.25, 0.3) is 0 Å². The minimum Gasteiger partial charge on any atom is -0.207 e. The van der Waals surface area contributed by atoms with Crippen LogP contribution in [0.1, 0.15) is 20.3 Å². The Kier molecular flexibility index (Phi) is 6.11. The molecule has 1 aromatic rings. The van der Waals surface area contributed by atoms with Gasteiger partial charge in [-0.2, -0.15) is 0 Å². The molecule has 18 heavy (non-hydrogen) atoms. The van der Waals surface area contributed by atoms with Crippen LogP contribution < -0.4 is 4.72 Å². The van der Waals surface area contributed by atoms with Crippen LogP contribution in [0.3, 0.4) is 0 Å². The van der Waals surface area contributed by atoms with Crippen LogP contribution in [0.4, 0.5) is 0 Å². The van der Waals surface area contributed by atoms with E-state index < -0.39 is 10.0 Å². The Morgan fingerprint density at radius 2 is 1.94 bits per heavy atom. The van der Waals surface area contributed by atoms with Crippen LogP contribution in [-0.4, -0.2) is 19.8 Å². The number of hydrogen-bond acceptors (Lipinski definition) is 2. The van der Waals surface area contributed by atoms with Crippen molar-refractivity contribution in [3.05, 3.63) is 29.3 Å². The first-order chi connectivity index (χ1) is 8.36. The molecule has 3 nitrogen and oxygen atoms in total. The number of alkyl halides is 1. The fourth-order valence-electron chi connectivity index (χ4n) is 1.66. The number of benzene rings is 1.